The molecule has 22 heavy (non-hydrogen) atoms. The van der Waals surface area contributed by atoms with Crippen molar-refractivity contribution in [1.82, 2.24) is 4.98 Å². The fourth-order valence-corrected chi connectivity index (χ4v) is 3.32. The minimum Gasteiger partial charge on any atom is -0.320 e. The number of halogens is 1. The average molecular weight is 374 g/mol. The van der Waals surface area contributed by atoms with Crippen LogP contribution in [0.1, 0.15) is 12.8 Å². The number of nitrogens with one attached hydrogen (secondary N) is 1. The Kier molecular flexibility index (Phi) is 4.55. The summed E-state index contributed by atoms with van der Waals surface area (Å²) in [6.45, 7) is 0.936. The van der Waals surface area contributed by atoms with Gasteiger partial charge in [-0.3, -0.25) is 4.99 Å². The van der Waals surface area contributed by atoms with E-state index in [1.807, 2.05) is 0 Å². The van der Waals surface area contributed by atoms with Crippen LogP contribution < -0.4 is 5.32 Å². The number of aromatic nitrogens is 1. The van der Waals surface area contributed by atoms with Gasteiger partial charge in [-0.05, 0) is 23.3 Å². The summed E-state index contributed by atoms with van der Waals surface area (Å²) < 4.78 is 0. The van der Waals surface area contributed by atoms with Crippen LogP contribution in [0.15, 0.2) is 52.8 Å². The van der Waals surface area contributed by atoms with Gasteiger partial charge in [-0.15, -0.1) is 28.3 Å². The van der Waals surface area contributed by atoms with E-state index >= 15 is 0 Å². The van der Waals surface area contributed by atoms with E-state index in [9.17, 15) is 0 Å². The van der Waals surface area contributed by atoms with E-state index in [4.69, 9.17) is 0 Å². The minimum atomic E-state index is 0. The molecule has 0 fully saturated rings. The molecule has 1 aliphatic heterocycles. The van der Waals surface area contributed by atoms with Gasteiger partial charge < -0.3 is 5.32 Å². The Hall–Kier alpha value is -1.72. The molecule has 2 aromatic carbocycles. The summed E-state index contributed by atoms with van der Waals surface area (Å²) in [5, 5.41) is 8.86. The molecular formula is C17H16BrN3S. The second kappa shape index (κ2) is 6.58. The number of amidine groups is 1. The SMILES string of the molecule is Br.c1ccc2cc(-c3csc(NC4=NCCC4)n3)ccc2c1. The molecule has 0 amide bonds. The van der Waals surface area contributed by atoms with Crippen LogP contribution in [0.5, 0.6) is 0 Å². The highest BCUT2D eigenvalue weighted by Gasteiger charge is 2.10. The van der Waals surface area contributed by atoms with E-state index in [-0.39, 0.29) is 17.0 Å². The molecular weight excluding hydrogens is 358 g/mol. The number of benzene rings is 2. The van der Waals surface area contributed by atoms with Crippen molar-refractivity contribution < 1.29 is 0 Å². The topological polar surface area (TPSA) is 37.3 Å². The third-order valence-electron chi connectivity index (χ3n) is 3.67. The molecule has 0 bridgehead atoms. The van der Waals surface area contributed by atoms with Crippen LogP contribution in [-0.4, -0.2) is 17.4 Å². The van der Waals surface area contributed by atoms with Crippen LogP contribution in [0.3, 0.4) is 0 Å². The molecule has 1 aliphatic rings. The Morgan fingerprint density at radius 3 is 2.73 bits per heavy atom. The maximum atomic E-state index is 4.68. The molecule has 112 valence electrons. The van der Waals surface area contributed by atoms with Gasteiger partial charge in [-0.2, -0.15) is 0 Å². The van der Waals surface area contributed by atoms with Crippen molar-refractivity contribution in [2.45, 2.75) is 12.8 Å². The summed E-state index contributed by atoms with van der Waals surface area (Å²) in [6, 6.07) is 14.9. The molecule has 0 spiro atoms. The fourth-order valence-electron chi connectivity index (χ4n) is 2.58. The van der Waals surface area contributed by atoms with Crippen molar-refractivity contribution in [3.8, 4) is 11.3 Å². The van der Waals surface area contributed by atoms with Crippen molar-refractivity contribution >= 4 is 50.1 Å². The standard InChI is InChI=1S/C17H15N3S.BrH/c1-2-5-13-10-14(8-7-12(13)4-1)15-11-21-17(19-15)20-16-6-3-9-18-16;/h1-2,4-5,7-8,10-11H,3,6,9H2,(H,18,19,20);1H. The summed E-state index contributed by atoms with van der Waals surface area (Å²) in [5.41, 5.74) is 2.18. The zero-order valence-corrected chi connectivity index (χ0v) is 14.5. The number of anilines is 1. The van der Waals surface area contributed by atoms with Crippen molar-refractivity contribution in [2.75, 3.05) is 11.9 Å². The van der Waals surface area contributed by atoms with E-state index in [2.05, 4.69) is 63.1 Å². The highest BCUT2D eigenvalue weighted by molar-refractivity contribution is 8.93. The van der Waals surface area contributed by atoms with Crippen molar-refractivity contribution in [3.63, 3.8) is 0 Å². The Balaban J connectivity index is 0.00000144. The number of thiazole rings is 1. The van der Waals surface area contributed by atoms with Crippen molar-refractivity contribution in [2.24, 2.45) is 4.99 Å². The lowest BCUT2D eigenvalue weighted by Gasteiger charge is -2.02. The summed E-state index contributed by atoms with van der Waals surface area (Å²) >= 11 is 1.63. The second-order valence-corrected chi connectivity index (χ2v) is 6.01. The highest BCUT2D eigenvalue weighted by atomic mass is 79.9. The quantitative estimate of drug-likeness (QED) is 0.674. The third-order valence-corrected chi connectivity index (χ3v) is 4.43. The van der Waals surface area contributed by atoms with Crippen LogP contribution in [0, 0.1) is 0 Å². The lowest BCUT2D eigenvalue weighted by atomic mass is 10.1. The van der Waals surface area contributed by atoms with Gasteiger partial charge in [-0.25, -0.2) is 4.98 Å². The van der Waals surface area contributed by atoms with Crippen LogP contribution in [0.4, 0.5) is 5.13 Å². The molecule has 3 nitrogen and oxygen atoms in total. The normalized spacial score (nSPS) is 13.7. The predicted molar refractivity (Wildman–Crippen MR) is 101 cm³/mol. The van der Waals surface area contributed by atoms with Gasteiger partial charge in [0.2, 0.25) is 0 Å². The lowest BCUT2D eigenvalue weighted by molar-refractivity contribution is 0.951. The average Bonchev–Trinajstić information content (AvgIpc) is 3.19. The number of nitrogens with zero attached hydrogens (tertiary/aromatic N) is 2. The lowest BCUT2D eigenvalue weighted by Crippen LogP contribution is -2.07. The largest absolute Gasteiger partial charge is 0.320 e. The number of aliphatic imine (C=N–C) groups is 1. The number of rotatable bonds is 2. The van der Waals surface area contributed by atoms with Crippen LogP contribution in [0.2, 0.25) is 0 Å². The van der Waals surface area contributed by atoms with Gasteiger partial charge in [0.05, 0.1) is 5.69 Å². The Morgan fingerprint density at radius 2 is 1.91 bits per heavy atom. The third kappa shape index (κ3) is 3.05. The van der Waals surface area contributed by atoms with Crippen molar-refractivity contribution in [3.05, 3.63) is 47.8 Å². The molecule has 0 unspecified atom stereocenters. The maximum Gasteiger partial charge on any atom is 0.188 e. The second-order valence-electron chi connectivity index (χ2n) is 5.16. The predicted octanol–water partition coefficient (Wildman–Crippen LogP) is 5.15. The smallest absolute Gasteiger partial charge is 0.188 e. The first-order valence-electron chi connectivity index (χ1n) is 7.13. The van der Waals surface area contributed by atoms with Crippen molar-refractivity contribution in [1.29, 1.82) is 0 Å². The maximum absolute atomic E-state index is 4.68. The molecule has 0 radical (unpaired) electrons. The zero-order valence-electron chi connectivity index (χ0n) is 12.0. The van der Waals surface area contributed by atoms with Gasteiger partial charge in [0.15, 0.2) is 5.13 Å². The van der Waals surface area contributed by atoms with Crippen LogP contribution >= 0.6 is 28.3 Å². The molecule has 1 N–H and O–H groups in total. The fraction of sp³-hybridized carbons (Fsp3) is 0.176. The minimum absolute atomic E-state index is 0. The highest BCUT2D eigenvalue weighted by Crippen LogP contribution is 2.28. The number of fused-ring (bicyclic) bond motifs is 1. The summed E-state index contributed by atoms with van der Waals surface area (Å²) in [6.07, 6.45) is 2.18. The molecule has 2 heterocycles. The van der Waals surface area contributed by atoms with Gasteiger partial charge in [0, 0.05) is 23.9 Å². The molecule has 0 aliphatic carbocycles. The van der Waals surface area contributed by atoms with E-state index in [0.29, 0.717) is 0 Å². The first-order chi connectivity index (χ1) is 10.4. The van der Waals surface area contributed by atoms with Gasteiger partial charge in [0.25, 0.3) is 0 Å². The molecule has 3 aromatic rings. The Morgan fingerprint density at radius 1 is 1.05 bits per heavy atom. The molecule has 4 rings (SSSR count). The van der Waals surface area contributed by atoms with E-state index in [1.165, 1.54) is 10.8 Å². The Bertz CT molecular complexity index is 825. The van der Waals surface area contributed by atoms with Gasteiger partial charge in [0.1, 0.15) is 5.84 Å². The molecule has 5 heteroatoms. The first kappa shape index (κ1) is 15.2. The summed E-state index contributed by atoms with van der Waals surface area (Å²) in [4.78, 5) is 9.10. The van der Waals surface area contributed by atoms with Crippen LogP contribution in [0.25, 0.3) is 22.0 Å². The summed E-state index contributed by atoms with van der Waals surface area (Å²) in [5.74, 6) is 1.06. The molecule has 0 saturated carbocycles. The number of hydrogen-bond acceptors (Lipinski definition) is 4. The Labute approximate surface area is 143 Å². The van der Waals surface area contributed by atoms with E-state index in [1.54, 1.807) is 11.3 Å². The molecule has 0 atom stereocenters. The zero-order chi connectivity index (χ0) is 14.1. The summed E-state index contributed by atoms with van der Waals surface area (Å²) in [7, 11) is 0. The van der Waals surface area contributed by atoms with Gasteiger partial charge >= 0.3 is 0 Å². The van der Waals surface area contributed by atoms with Crippen LogP contribution in [-0.2, 0) is 0 Å². The van der Waals surface area contributed by atoms with Gasteiger partial charge in [-0.1, -0.05) is 36.4 Å². The van der Waals surface area contributed by atoms with E-state index in [0.717, 1.165) is 41.6 Å². The monoisotopic (exact) mass is 373 g/mol. The first-order valence-corrected chi connectivity index (χ1v) is 8.01. The number of hydrogen-bond donors (Lipinski definition) is 1. The van der Waals surface area contributed by atoms with E-state index < -0.39 is 0 Å². The molecule has 0 saturated heterocycles. The molecule has 1 aromatic heterocycles.